The normalized spacial score (nSPS) is 17.6. The number of carbonyl (C=O) groups is 1. The Balaban J connectivity index is 2.00. The third-order valence-electron chi connectivity index (χ3n) is 2.62. The smallest absolute Gasteiger partial charge is 0.220 e. The van der Waals surface area contributed by atoms with Crippen molar-refractivity contribution in [1.82, 2.24) is 5.32 Å². The van der Waals surface area contributed by atoms with Crippen molar-refractivity contribution in [3.63, 3.8) is 0 Å². The maximum absolute atomic E-state index is 11.1. The maximum atomic E-state index is 11.1. The van der Waals surface area contributed by atoms with Gasteiger partial charge in [0, 0.05) is 19.6 Å². The zero-order valence-electron chi connectivity index (χ0n) is 8.09. The average Bonchev–Trinajstić information content (AvgIpc) is 2.64. The molecular weight excluding hydrogens is 166 g/mol. The van der Waals surface area contributed by atoms with Crippen molar-refractivity contribution in [3.05, 3.63) is 0 Å². The summed E-state index contributed by atoms with van der Waals surface area (Å²) in [5.41, 5.74) is 0. The average molecular weight is 185 g/mol. The van der Waals surface area contributed by atoms with Crippen molar-refractivity contribution in [2.75, 3.05) is 13.2 Å². The minimum Gasteiger partial charge on any atom is -0.396 e. The second-order valence-electron chi connectivity index (χ2n) is 3.78. The van der Waals surface area contributed by atoms with E-state index in [4.69, 9.17) is 5.11 Å². The predicted molar refractivity (Wildman–Crippen MR) is 51.3 cm³/mol. The van der Waals surface area contributed by atoms with Gasteiger partial charge in [-0.3, -0.25) is 4.79 Å². The highest BCUT2D eigenvalue weighted by Gasteiger charge is 2.15. The van der Waals surface area contributed by atoms with Gasteiger partial charge in [-0.05, 0) is 25.2 Å². The fraction of sp³-hybridized carbons (Fsp3) is 0.900. The molecule has 1 rings (SSSR count). The highest BCUT2D eigenvalue weighted by molar-refractivity contribution is 5.75. The lowest BCUT2D eigenvalue weighted by atomic mass is 10.1. The van der Waals surface area contributed by atoms with E-state index in [1.54, 1.807) is 0 Å². The van der Waals surface area contributed by atoms with E-state index < -0.39 is 0 Å². The zero-order valence-corrected chi connectivity index (χ0v) is 8.09. The van der Waals surface area contributed by atoms with E-state index in [9.17, 15) is 4.79 Å². The molecule has 0 aromatic carbocycles. The molecule has 2 N–H and O–H groups in total. The van der Waals surface area contributed by atoms with Gasteiger partial charge in [0.1, 0.15) is 0 Å². The molecule has 0 radical (unpaired) electrons. The topological polar surface area (TPSA) is 49.3 Å². The summed E-state index contributed by atoms with van der Waals surface area (Å²) in [5.74, 6) is 0.791. The molecule has 0 saturated heterocycles. The molecule has 0 aromatic rings. The molecule has 0 heterocycles. The summed E-state index contributed by atoms with van der Waals surface area (Å²) >= 11 is 0. The molecule has 1 fully saturated rings. The van der Waals surface area contributed by atoms with Crippen molar-refractivity contribution in [2.45, 2.75) is 38.5 Å². The van der Waals surface area contributed by atoms with Crippen LogP contribution < -0.4 is 5.32 Å². The second-order valence-corrected chi connectivity index (χ2v) is 3.78. The van der Waals surface area contributed by atoms with Gasteiger partial charge >= 0.3 is 0 Å². The van der Waals surface area contributed by atoms with Crippen LogP contribution in [0.3, 0.4) is 0 Å². The molecule has 3 heteroatoms. The number of hydrogen-bond donors (Lipinski definition) is 2. The lowest BCUT2D eigenvalue weighted by molar-refractivity contribution is -0.121. The van der Waals surface area contributed by atoms with Gasteiger partial charge in [-0.25, -0.2) is 0 Å². The molecule has 1 amide bonds. The minimum atomic E-state index is 0.0842. The molecule has 1 aliphatic rings. The van der Waals surface area contributed by atoms with E-state index in [0.717, 1.165) is 6.54 Å². The zero-order chi connectivity index (χ0) is 9.52. The van der Waals surface area contributed by atoms with Crippen LogP contribution in [-0.4, -0.2) is 24.2 Å². The Kier molecular flexibility index (Phi) is 4.83. The predicted octanol–water partition coefficient (Wildman–Crippen LogP) is 1.07. The lowest BCUT2D eigenvalue weighted by Gasteiger charge is -2.09. The van der Waals surface area contributed by atoms with Crippen molar-refractivity contribution in [2.24, 2.45) is 5.92 Å². The number of aliphatic hydroxyl groups excluding tert-OH is 1. The summed E-state index contributed by atoms with van der Waals surface area (Å²) in [6, 6.07) is 0. The summed E-state index contributed by atoms with van der Waals surface area (Å²) in [6.45, 7) is 0.946. The molecule has 13 heavy (non-hydrogen) atoms. The highest BCUT2D eigenvalue weighted by atomic mass is 16.3. The molecule has 1 saturated carbocycles. The Hall–Kier alpha value is -0.570. The molecule has 0 aliphatic heterocycles. The second kappa shape index (κ2) is 5.97. The van der Waals surface area contributed by atoms with E-state index in [1.807, 2.05) is 0 Å². The molecule has 0 unspecified atom stereocenters. The van der Waals surface area contributed by atoms with Crippen LogP contribution in [0.5, 0.6) is 0 Å². The number of carbonyl (C=O) groups excluding carboxylic acids is 1. The van der Waals surface area contributed by atoms with E-state index in [2.05, 4.69) is 5.32 Å². The van der Waals surface area contributed by atoms with Gasteiger partial charge in [0.05, 0.1) is 0 Å². The van der Waals surface area contributed by atoms with Gasteiger partial charge in [0.2, 0.25) is 5.91 Å². The Morgan fingerprint density at radius 3 is 2.69 bits per heavy atom. The molecule has 76 valence electrons. The lowest BCUT2D eigenvalue weighted by Crippen LogP contribution is -2.28. The van der Waals surface area contributed by atoms with Gasteiger partial charge in [-0.1, -0.05) is 12.8 Å². The third kappa shape index (κ3) is 4.27. The number of amides is 1. The summed E-state index contributed by atoms with van der Waals surface area (Å²) < 4.78 is 0. The quantitative estimate of drug-likeness (QED) is 0.673. The first-order valence-corrected chi connectivity index (χ1v) is 5.20. The Morgan fingerprint density at radius 2 is 2.08 bits per heavy atom. The SMILES string of the molecule is O=C(CCCO)NCC1CCCC1. The number of hydrogen-bond acceptors (Lipinski definition) is 2. The van der Waals surface area contributed by atoms with Crippen LogP contribution in [0.25, 0.3) is 0 Å². The van der Waals surface area contributed by atoms with E-state index in [0.29, 0.717) is 18.8 Å². The monoisotopic (exact) mass is 185 g/mol. The van der Waals surface area contributed by atoms with Crippen LogP contribution >= 0.6 is 0 Å². The maximum Gasteiger partial charge on any atom is 0.220 e. The van der Waals surface area contributed by atoms with Crippen LogP contribution in [0.4, 0.5) is 0 Å². The first kappa shape index (κ1) is 10.5. The summed E-state index contributed by atoms with van der Waals surface area (Å²) in [6.07, 6.45) is 6.20. The van der Waals surface area contributed by atoms with Gasteiger partial charge in [0.15, 0.2) is 0 Å². The first-order chi connectivity index (χ1) is 6.33. The van der Waals surface area contributed by atoms with E-state index in [1.165, 1.54) is 25.7 Å². The van der Waals surface area contributed by atoms with Gasteiger partial charge < -0.3 is 10.4 Å². The Bertz CT molecular complexity index is 153. The minimum absolute atomic E-state index is 0.0842. The third-order valence-corrected chi connectivity index (χ3v) is 2.62. The van der Waals surface area contributed by atoms with Crippen molar-refractivity contribution < 1.29 is 9.90 Å². The van der Waals surface area contributed by atoms with Crippen LogP contribution in [-0.2, 0) is 4.79 Å². The molecule has 0 bridgehead atoms. The summed E-state index contributed by atoms with van der Waals surface area (Å²) in [7, 11) is 0. The van der Waals surface area contributed by atoms with Crippen molar-refractivity contribution in [3.8, 4) is 0 Å². The van der Waals surface area contributed by atoms with Crippen LogP contribution in [0.15, 0.2) is 0 Å². The molecular formula is C10H19NO2. The summed E-state index contributed by atoms with van der Waals surface area (Å²) in [4.78, 5) is 11.1. The molecule has 3 nitrogen and oxygen atoms in total. The standard InChI is InChI=1S/C10H19NO2/c12-7-3-6-10(13)11-8-9-4-1-2-5-9/h9,12H,1-8H2,(H,11,13). The summed E-state index contributed by atoms with van der Waals surface area (Å²) in [5, 5.41) is 11.4. The van der Waals surface area contributed by atoms with Crippen molar-refractivity contribution in [1.29, 1.82) is 0 Å². The van der Waals surface area contributed by atoms with Crippen LogP contribution in [0.1, 0.15) is 38.5 Å². The number of rotatable bonds is 5. The van der Waals surface area contributed by atoms with Gasteiger partial charge in [-0.2, -0.15) is 0 Å². The largest absolute Gasteiger partial charge is 0.396 e. The van der Waals surface area contributed by atoms with Crippen LogP contribution in [0.2, 0.25) is 0 Å². The van der Waals surface area contributed by atoms with Gasteiger partial charge in [0.25, 0.3) is 0 Å². The fourth-order valence-corrected chi connectivity index (χ4v) is 1.80. The number of aliphatic hydroxyl groups is 1. The van der Waals surface area contributed by atoms with Crippen LogP contribution in [0, 0.1) is 5.92 Å². The van der Waals surface area contributed by atoms with Crippen molar-refractivity contribution >= 4 is 5.91 Å². The molecule has 0 atom stereocenters. The molecule has 0 spiro atoms. The Labute approximate surface area is 79.5 Å². The molecule has 1 aliphatic carbocycles. The molecule has 0 aromatic heterocycles. The van der Waals surface area contributed by atoms with E-state index in [-0.39, 0.29) is 12.5 Å². The van der Waals surface area contributed by atoms with Gasteiger partial charge in [-0.15, -0.1) is 0 Å². The first-order valence-electron chi connectivity index (χ1n) is 5.20. The fourth-order valence-electron chi connectivity index (χ4n) is 1.80. The number of nitrogens with one attached hydrogen (secondary N) is 1. The highest BCUT2D eigenvalue weighted by Crippen LogP contribution is 2.23. The van der Waals surface area contributed by atoms with E-state index >= 15 is 0 Å². The Morgan fingerprint density at radius 1 is 1.38 bits per heavy atom.